The number of carbonyl (C=O) groups excluding carboxylic acids is 1. The van der Waals surface area contributed by atoms with Crippen LogP contribution in [0.2, 0.25) is 5.02 Å². The monoisotopic (exact) mass is 338 g/mol. The SMILES string of the molecule is CC(C)(C(=O)CBr)S(=O)(=O)c1ccc(Cl)cc1. The Balaban J connectivity index is 3.29. The minimum absolute atomic E-state index is 0.00677. The summed E-state index contributed by atoms with van der Waals surface area (Å²) in [6.07, 6.45) is 0. The predicted molar refractivity (Wildman–Crippen MR) is 71.5 cm³/mol. The van der Waals surface area contributed by atoms with Crippen molar-refractivity contribution in [2.24, 2.45) is 0 Å². The largest absolute Gasteiger partial charge is 0.297 e. The molecule has 1 aromatic rings. The first-order valence-corrected chi connectivity index (χ1v) is 7.81. The second-order valence-electron chi connectivity index (χ2n) is 4.02. The molecule has 0 saturated carbocycles. The number of rotatable bonds is 4. The Hall–Kier alpha value is -0.390. The normalized spacial score (nSPS) is 12.5. The van der Waals surface area contributed by atoms with Gasteiger partial charge in [-0.2, -0.15) is 0 Å². The lowest BCUT2D eigenvalue weighted by Gasteiger charge is -2.22. The molecule has 0 unspecified atom stereocenters. The fraction of sp³-hybridized carbons (Fsp3) is 0.364. The molecule has 94 valence electrons. The highest BCUT2D eigenvalue weighted by Gasteiger charge is 2.41. The quantitative estimate of drug-likeness (QED) is 0.793. The first kappa shape index (κ1) is 14.7. The van der Waals surface area contributed by atoms with Crippen LogP contribution in [-0.4, -0.2) is 24.3 Å². The lowest BCUT2D eigenvalue weighted by Crippen LogP contribution is -2.41. The minimum Gasteiger partial charge on any atom is -0.297 e. The Labute approximate surface area is 114 Å². The zero-order valence-corrected chi connectivity index (χ0v) is 12.6. The molecule has 0 bridgehead atoms. The third-order valence-electron chi connectivity index (χ3n) is 2.59. The summed E-state index contributed by atoms with van der Waals surface area (Å²) in [6.45, 7) is 2.81. The summed E-state index contributed by atoms with van der Waals surface area (Å²) in [5, 5.41) is 0.459. The Morgan fingerprint density at radius 1 is 1.29 bits per heavy atom. The standard InChI is InChI=1S/C11H12BrClO3S/c1-11(2,10(14)7-12)17(15,16)9-5-3-8(13)4-6-9/h3-6H,7H2,1-2H3. The topological polar surface area (TPSA) is 51.2 Å². The van der Waals surface area contributed by atoms with E-state index in [9.17, 15) is 13.2 Å². The van der Waals surface area contributed by atoms with Crippen LogP contribution in [0.3, 0.4) is 0 Å². The molecule has 6 heteroatoms. The minimum atomic E-state index is -3.70. The van der Waals surface area contributed by atoms with Crippen molar-refractivity contribution in [3.63, 3.8) is 0 Å². The zero-order valence-electron chi connectivity index (χ0n) is 9.41. The van der Waals surface area contributed by atoms with Gasteiger partial charge < -0.3 is 0 Å². The average Bonchev–Trinajstić information content (AvgIpc) is 2.28. The van der Waals surface area contributed by atoms with Crippen LogP contribution < -0.4 is 0 Å². The molecule has 3 nitrogen and oxygen atoms in total. The molecular weight excluding hydrogens is 328 g/mol. The van der Waals surface area contributed by atoms with Crippen molar-refractivity contribution >= 4 is 43.2 Å². The van der Waals surface area contributed by atoms with Gasteiger partial charge in [-0.1, -0.05) is 27.5 Å². The van der Waals surface area contributed by atoms with Crippen LogP contribution in [0.25, 0.3) is 0 Å². The molecule has 17 heavy (non-hydrogen) atoms. The second kappa shape index (κ2) is 5.08. The third kappa shape index (κ3) is 2.72. The van der Waals surface area contributed by atoms with Gasteiger partial charge in [0.2, 0.25) is 0 Å². The number of sulfone groups is 1. The summed E-state index contributed by atoms with van der Waals surface area (Å²) >= 11 is 8.69. The van der Waals surface area contributed by atoms with Crippen molar-refractivity contribution in [2.75, 3.05) is 5.33 Å². The molecule has 0 saturated heterocycles. The molecular formula is C11H12BrClO3S. The van der Waals surface area contributed by atoms with Gasteiger partial charge in [0.15, 0.2) is 15.6 Å². The molecule has 0 amide bonds. The van der Waals surface area contributed by atoms with Gasteiger partial charge in [-0.3, -0.25) is 4.79 Å². The van der Waals surface area contributed by atoms with Crippen LogP contribution in [0.1, 0.15) is 13.8 Å². The fourth-order valence-electron chi connectivity index (χ4n) is 1.22. The van der Waals surface area contributed by atoms with E-state index in [2.05, 4.69) is 15.9 Å². The van der Waals surface area contributed by atoms with Crippen LogP contribution in [0.4, 0.5) is 0 Å². The third-order valence-corrected chi connectivity index (χ3v) is 5.81. The maximum atomic E-state index is 12.3. The highest BCUT2D eigenvalue weighted by molar-refractivity contribution is 9.09. The van der Waals surface area contributed by atoms with Gasteiger partial charge in [0, 0.05) is 5.02 Å². The Bertz CT molecular complexity index is 520. The molecule has 0 radical (unpaired) electrons. The van der Waals surface area contributed by atoms with Crippen LogP contribution in [-0.2, 0) is 14.6 Å². The van der Waals surface area contributed by atoms with E-state index in [4.69, 9.17) is 11.6 Å². The number of hydrogen-bond acceptors (Lipinski definition) is 3. The first-order valence-electron chi connectivity index (χ1n) is 4.83. The molecule has 0 aliphatic heterocycles. The van der Waals surface area contributed by atoms with E-state index in [1.807, 2.05) is 0 Å². The van der Waals surface area contributed by atoms with E-state index in [0.717, 1.165) is 0 Å². The van der Waals surface area contributed by atoms with Gasteiger partial charge in [0.1, 0.15) is 4.75 Å². The molecule has 0 aliphatic rings. The van der Waals surface area contributed by atoms with Crippen LogP contribution in [0, 0.1) is 0 Å². The molecule has 0 spiro atoms. The summed E-state index contributed by atoms with van der Waals surface area (Å²) in [7, 11) is -3.70. The Morgan fingerprint density at radius 2 is 1.76 bits per heavy atom. The van der Waals surface area contributed by atoms with Gasteiger partial charge in [0.05, 0.1) is 10.2 Å². The molecule has 0 aliphatic carbocycles. The maximum Gasteiger partial charge on any atom is 0.190 e. The summed E-state index contributed by atoms with van der Waals surface area (Å²) in [4.78, 5) is 11.8. The van der Waals surface area contributed by atoms with Crippen LogP contribution in [0.15, 0.2) is 29.2 Å². The highest BCUT2D eigenvalue weighted by Crippen LogP contribution is 2.27. The van der Waals surface area contributed by atoms with Gasteiger partial charge in [-0.25, -0.2) is 8.42 Å². The van der Waals surface area contributed by atoms with Crippen molar-refractivity contribution in [1.82, 2.24) is 0 Å². The molecule has 0 N–H and O–H groups in total. The summed E-state index contributed by atoms with van der Waals surface area (Å²) < 4.78 is 23.1. The van der Waals surface area contributed by atoms with Gasteiger partial charge in [-0.05, 0) is 38.1 Å². The molecule has 1 rings (SSSR count). The first-order chi connectivity index (χ1) is 7.73. The summed E-state index contributed by atoms with van der Waals surface area (Å²) in [5.74, 6) is -0.382. The summed E-state index contributed by atoms with van der Waals surface area (Å²) in [5.41, 5.74) is 0. The number of alkyl halides is 1. The van der Waals surface area contributed by atoms with E-state index in [1.54, 1.807) is 0 Å². The van der Waals surface area contributed by atoms with E-state index in [0.29, 0.717) is 5.02 Å². The lowest BCUT2D eigenvalue weighted by molar-refractivity contribution is -0.118. The maximum absolute atomic E-state index is 12.3. The predicted octanol–water partition coefficient (Wildman–Crippen LogP) is 2.86. The Kier molecular flexibility index (Phi) is 4.38. The lowest BCUT2D eigenvalue weighted by atomic mass is 10.1. The number of carbonyl (C=O) groups is 1. The van der Waals surface area contributed by atoms with E-state index in [-0.39, 0.29) is 16.0 Å². The van der Waals surface area contributed by atoms with E-state index < -0.39 is 14.6 Å². The zero-order chi connectivity index (χ0) is 13.3. The van der Waals surface area contributed by atoms with E-state index >= 15 is 0 Å². The molecule has 0 atom stereocenters. The highest BCUT2D eigenvalue weighted by atomic mass is 79.9. The average molecular weight is 340 g/mol. The fourth-order valence-corrected chi connectivity index (χ4v) is 3.69. The van der Waals surface area contributed by atoms with Crippen molar-refractivity contribution in [1.29, 1.82) is 0 Å². The van der Waals surface area contributed by atoms with Crippen molar-refractivity contribution < 1.29 is 13.2 Å². The van der Waals surface area contributed by atoms with Gasteiger partial charge >= 0.3 is 0 Å². The molecule has 0 fully saturated rings. The Morgan fingerprint density at radius 3 is 2.18 bits per heavy atom. The summed E-state index contributed by atoms with van der Waals surface area (Å²) in [6, 6.07) is 5.79. The van der Waals surface area contributed by atoms with Crippen LogP contribution >= 0.6 is 27.5 Å². The number of benzene rings is 1. The number of ketones is 1. The van der Waals surface area contributed by atoms with Crippen molar-refractivity contribution in [2.45, 2.75) is 23.5 Å². The van der Waals surface area contributed by atoms with E-state index in [1.165, 1.54) is 38.1 Å². The number of halogens is 2. The molecule has 0 heterocycles. The van der Waals surface area contributed by atoms with Crippen LogP contribution in [0.5, 0.6) is 0 Å². The van der Waals surface area contributed by atoms with Gasteiger partial charge in [0.25, 0.3) is 0 Å². The second-order valence-corrected chi connectivity index (χ2v) is 7.52. The molecule has 1 aromatic carbocycles. The van der Waals surface area contributed by atoms with Crippen molar-refractivity contribution in [3.05, 3.63) is 29.3 Å². The van der Waals surface area contributed by atoms with Crippen molar-refractivity contribution in [3.8, 4) is 0 Å². The molecule has 0 aromatic heterocycles. The number of hydrogen-bond donors (Lipinski definition) is 0. The number of Topliss-reactive ketones (excluding diaryl/α,β-unsaturated/α-hetero) is 1. The van der Waals surface area contributed by atoms with Gasteiger partial charge in [-0.15, -0.1) is 0 Å². The smallest absolute Gasteiger partial charge is 0.190 e.